The third-order valence-electron chi connectivity index (χ3n) is 3.31. The second kappa shape index (κ2) is 6.57. The van der Waals surface area contributed by atoms with E-state index in [2.05, 4.69) is 36.1 Å². The van der Waals surface area contributed by atoms with E-state index in [0.717, 1.165) is 29.2 Å². The zero-order valence-electron chi connectivity index (χ0n) is 11.3. The average molecular weight is 283 g/mol. The first-order chi connectivity index (χ1) is 8.72. The van der Waals surface area contributed by atoms with Crippen LogP contribution < -0.4 is 5.32 Å². The van der Waals surface area contributed by atoms with E-state index in [0.29, 0.717) is 5.25 Å². The summed E-state index contributed by atoms with van der Waals surface area (Å²) >= 11 is 3.66. The Morgan fingerprint density at radius 2 is 2.22 bits per heavy atom. The fourth-order valence-electron chi connectivity index (χ4n) is 2.18. The Labute approximate surface area is 118 Å². The Kier molecular flexibility index (Phi) is 5.06. The van der Waals surface area contributed by atoms with Crippen molar-refractivity contribution in [2.45, 2.75) is 45.4 Å². The van der Waals surface area contributed by atoms with Gasteiger partial charge in [-0.3, -0.25) is 4.99 Å². The minimum absolute atomic E-state index is 0.667. The molecule has 1 atom stereocenters. The summed E-state index contributed by atoms with van der Waals surface area (Å²) in [6.45, 7) is 8.42. The van der Waals surface area contributed by atoms with Crippen molar-refractivity contribution in [3.05, 3.63) is 16.1 Å². The molecule has 3 nitrogen and oxygen atoms in total. The lowest BCUT2D eigenvalue weighted by molar-refractivity contribution is 0.479. The highest BCUT2D eigenvalue weighted by Crippen LogP contribution is 2.30. The summed E-state index contributed by atoms with van der Waals surface area (Å²) in [5.41, 5.74) is 0. The van der Waals surface area contributed by atoms with Gasteiger partial charge in [0.1, 0.15) is 5.01 Å². The minimum atomic E-state index is 0.667. The van der Waals surface area contributed by atoms with Crippen molar-refractivity contribution in [3.8, 4) is 0 Å². The fourth-order valence-corrected chi connectivity index (χ4v) is 4.23. The molecule has 0 aliphatic carbocycles. The normalized spacial score (nSPS) is 19.3. The highest BCUT2D eigenvalue weighted by Gasteiger charge is 2.25. The molecule has 100 valence electrons. The Bertz CT molecular complexity index is 410. The van der Waals surface area contributed by atoms with Gasteiger partial charge in [0.25, 0.3) is 0 Å². The molecular formula is C13H21N3S2. The van der Waals surface area contributed by atoms with Crippen LogP contribution in [0.5, 0.6) is 0 Å². The van der Waals surface area contributed by atoms with E-state index in [9.17, 15) is 0 Å². The third-order valence-corrected chi connectivity index (χ3v) is 5.56. The first-order valence-electron chi connectivity index (χ1n) is 6.59. The summed E-state index contributed by atoms with van der Waals surface area (Å²) in [7, 11) is 0. The molecule has 0 radical (unpaired) electrons. The first kappa shape index (κ1) is 13.9. The molecule has 0 aromatic carbocycles. The molecule has 0 bridgehead atoms. The van der Waals surface area contributed by atoms with Gasteiger partial charge in [-0.15, -0.1) is 11.3 Å². The van der Waals surface area contributed by atoms with Gasteiger partial charge in [0.15, 0.2) is 5.17 Å². The summed E-state index contributed by atoms with van der Waals surface area (Å²) in [4.78, 5) is 10.2. The maximum absolute atomic E-state index is 4.60. The number of hydrogen-bond acceptors (Lipinski definition) is 5. The van der Waals surface area contributed by atoms with Gasteiger partial charge in [-0.2, -0.15) is 0 Å². The van der Waals surface area contributed by atoms with Crippen molar-refractivity contribution in [2.75, 3.05) is 6.54 Å². The SMILES string of the molecule is CCC(CC)C1CN=C(NCc2ncc(C)s2)S1. The van der Waals surface area contributed by atoms with Crippen LogP contribution in [0.3, 0.4) is 0 Å². The van der Waals surface area contributed by atoms with Crippen molar-refractivity contribution < 1.29 is 0 Å². The van der Waals surface area contributed by atoms with Crippen LogP contribution in [0.25, 0.3) is 0 Å². The van der Waals surface area contributed by atoms with Gasteiger partial charge in [0.2, 0.25) is 0 Å². The molecule has 1 unspecified atom stereocenters. The lowest BCUT2D eigenvalue weighted by Gasteiger charge is -2.18. The predicted molar refractivity (Wildman–Crippen MR) is 81.4 cm³/mol. The molecule has 2 heterocycles. The molecule has 18 heavy (non-hydrogen) atoms. The Hall–Kier alpha value is -0.550. The van der Waals surface area contributed by atoms with E-state index in [4.69, 9.17) is 0 Å². The summed E-state index contributed by atoms with van der Waals surface area (Å²) in [5, 5.41) is 6.31. The lowest BCUT2D eigenvalue weighted by Crippen LogP contribution is -2.21. The molecule has 0 fully saturated rings. The highest BCUT2D eigenvalue weighted by molar-refractivity contribution is 8.14. The van der Waals surface area contributed by atoms with Crippen LogP contribution in [0.1, 0.15) is 36.6 Å². The first-order valence-corrected chi connectivity index (χ1v) is 8.28. The topological polar surface area (TPSA) is 37.3 Å². The molecule has 0 amide bonds. The smallest absolute Gasteiger partial charge is 0.157 e. The van der Waals surface area contributed by atoms with E-state index in [1.165, 1.54) is 17.7 Å². The molecule has 1 aromatic rings. The second-order valence-corrected chi connectivity index (χ2v) is 7.14. The van der Waals surface area contributed by atoms with Crippen molar-refractivity contribution >= 4 is 28.3 Å². The number of hydrogen-bond donors (Lipinski definition) is 1. The molecule has 1 N–H and O–H groups in total. The molecule has 1 aliphatic rings. The molecule has 0 saturated heterocycles. The van der Waals surface area contributed by atoms with E-state index in [-0.39, 0.29) is 0 Å². The quantitative estimate of drug-likeness (QED) is 0.899. The fraction of sp³-hybridized carbons (Fsp3) is 0.692. The summed E-state index contributed by atoms with van der Waals surface area (Å²) in [6, 6.07) is 0. The van der Waals surface area contributed by atoms with Crippen LogP contribution in [0.4, 0.5) is 0 Å². The van der Waals surface area contributed by atoms with Crippen LogP contribution in [0, 0.1) is 12.8 Å². The maximum Gasteiger partial charge on any atom is 0.157 e. The van der Waals surface area contributed by atoms with Crippen LogP contribution >= 0.6 is 23.1 Å². The number of aromatic nitrogens is 1. The molecular weight excluding hydrogens is 262 g/mol. The number of rotatable bonds is 5. The number of nitrogens with one attached hydrogen (secondary N) is 1. The van der Waals surface area contributed by atoms with Crippen molar-refractivity contribution in [1.82, 2.24) is 10.3 Å². The molecule has 0 saturated carbocycles. The van der Waals surface area contributed by atoms with Gasteiger partial charge in [-0.25, -0.2) is 4.98 Å². The lowest BCUT2D eigenvalue weighted by atomic mass is 9.99. The Balaban J connectivity index is 1.79. The number of thioether (sulfide) groups is 1. The zero-order chi connectivity index (χ0) is 13.0. The molecule has 2 rings (SSSR count). The van der Waals surface area contributed by atoms with E-state index in [1.807, 2.05) is 18.0 Å². The third kappa shape index (κ3) is 3.48. The average Bonchev–Trinajstić information content (AvgIpc) is 2.98. The second-order valence-electron chi connectivity index (χ2n) is 4.60. The van der Waals surface area contributed by atoms with Gasteiger partial charge in [0, 0.05) is 16.3 Å². The number of thiazole rings is 1. The van der Waals surface area contributed by atoms with E-state index in [1.54, 1.807) is 11.3 Å². The van der Waals surface area contributed by atoms with Gasteiger partial charge in [-0.1, -0.05) is 38.5 Å². The van der Waals surface area contributed by atoms with Crippen molar-refractivity contribution in [1.29, 1.82) is 0 Å². The van der Waals surface area contributed by atoms with Gasteiger partial charge < -0.3 is 5.32 Å². The van der Waals surface area contributed by atoms with Gasteiger partial charge in [0.05, 0.1) is 13.1 Å². The number of aliphatic imine (C=N–C) groups is 1. The summed E-state index contributed by atoms with van der Waals surface area (Å²) in [5.74, 6) is 0.792. The molecule has 1 aliphatic heterocycles. The maximum atomic E-state index is 4.60. The van der Waals surface area contributed by atoms with Gasteiger partial charge >= 0.3 is 0 Å². The van der Waals surface area contributed by atoms with E-state index >= 15 is 0 Å². The van der Waals surface area contributed by atoms with Crippen molar-refractivity contribution in [2.24, 2.45) is 10.9 Å². The number of aryl methyl sites for hydroxylation is 1. The highest BCUT2D eigenvalue weighted by atomic mass is 32.2. The van der Waals surface area contributed by atoms with E-state index < -0.39 is 0 Å². The Morgan fingerprint density at radius 3 is 2.83 bits per heavy atom. The predicted octanol–water partition coefficient (Wildman–Crippen LogP) is 3.45. The molecule has 5 heteroatoms. The number of amidine groups is 1. The van der Waals surface area contributed by atoms with Crippen LogP contribution in [-0.4, -0.2) is 21.9 Å². The van der Waals surface area contributed by atoms with Crippen LogP contribution in [0.2, 0.25) is 0 Å². The molecule has 1 aromatic heterocycles. The van der Waals surface area contributed by atoms with Crippen molar-refractivity contribution in [3.63, 3.8) is 0 Å². The van der Waals surface area contributed by atoms with Gasteiger partial charge in [-0.05, 0) is 12.8 Å². The van der Waals surface area contributed by atoms with Crippen LogP contribution in [-0.2, 0) is 6.54 Å². The summed E-state index contributed by atoms with van der Waals surface area (Å²) in [6.07, 6.45) is 4.43. The van der Waals surface area contributed by atoms with Crippen LogP contribution in [0.15, 0.2) is 11.2 Å². The largest absolute Gasteiger partial charge is 0.358 e. The molecule has 0 spiro atoms. The number of nitrogens with zero attached hydrogens (tertiary/aromatic N) is 2. The minimum Gasteiger partial charge on any atom is -0.358 e. The standard InChI is InChI=1S/C13H21N3S2/c1-4-10(5-2)11-7-15-13(18-11)16-8-12-14-6-9(3)17-12/h6,10-11H,4-5,7-8H2,1-3H3,(H,15,16). The summed E-state index contributed by atoms with van der Waals surface area (Å²) < 4.78 is 0. The Morgan fingerprint density at radius 1 is 1.44 bits per heavy atom. The zero-order valence-corrected chi connectivity index (χ0v) is 12.9. The monoisotopic (exact) mass is 283 g/mol.